The summed E-state index contributed by atoms with van der Waals surface area (Å²) in [4.78, 5) is 23.5. The van der Waals surface area contributed by atoms with Gasteiger partial charge in [-0.2, -0.15) is 0 Å². The fourth-order valence-electron chi connectivity index (χ4n) is 2.08. The highest BCUT2D eigenvalue weighted by molar-refractivity contribution is 7.89. The van der Waals surface area contributed by atoms with Crippen molar-refractivity contribution in [1.29, 1.82) is 0 Å². The molecule has 1 unspecified atom stereocenters. The lowest BCUT2D eigenvalue weighted by Crippen LogP contribution is -2.35. The van der Waals surface area contributed by atoms with Crippen LogP contribution in [0.15, 0.2) is 21.6 Å². The zero-order valence-electron chi connectivity index (χ0n) is 13.7. The molecule has 0 aromatic carbocycles. The first-order chi connectivity index (χ1) is 11.3. The molecule has 1 aliphatic carbocycles. The van der Waals surface area contributed by atoms with Crippen molar-refractivity contribution in [2.75, 3.05) is 6.61 Å². The van der Waals surface area contributed by atoms with E-state index in [-0.39, 0.29) is 22.9 Å². The third kappa shape index (κ3) is 5.34. The fraction of sp³-hybridized carbons (Fsp3) is 0.600. The highest BCUT2D eigenvalue weighted by Gasteiger charge is 2.30. The molecule has 1 heterocycles. The molecule has 0 radical (unpaired) electrons. The van der Waals surface area contributed by atoms with Gasteiger partial charge in [-0.05, 0) is 38.3 Å². The van der Waals surface area contributed by atoms with Gasteiger partial charge in [-0.15, -0.1) is 0 Å². The van der Waals surface area contributed by atoms with Crippen LogP contribution in [0.3, 0.4) is 0 Å². The highest BCUT2D eigenvalue weighted by Crippen LogP contribution is 2.23. The third-order valence-electron chi connectivity index (χ3n) is 3.41. The van der Waals surface area contributed by atoms with E-state index < -0.39 is 28.5 Å². The van der Waals surface area contributed by atoms with Crippen molar-refractivity contribution < 1.29 is 27.2 Å². The van der Waals surface area contributed by atoms with Crippen LogP contribution in [0, 0.1) is 0 Å². The summed E-state index contributed by atoms with van der Waals surface area (Å²) in [6, 6.07) is 2.32. The summed E-state index contributed by atoms with van der Waals surface area (Å²) in [6.07, 6.45) is 3.34. The molecule has 2 N–H and O–H groups in total. The summed E-state index contributed by atoms with van der Waals surface area (Å²) in [7, 11) is -3.77. The molecule has 1 aliphatic rings. The van der Waals surface area contributed by atoms with E-state index in [4.69, 9.17) is 9.15 Å². The predicted octanol–water partition coefficient (Wildman–Crippen LogP) is 1.18. The number of amides is 1. The summed E-state index contributed by atoms with van der Waals surface area (Å²) in [5, 5.41) is 2.35. The lowest BCUT2D eigenvalue weighted by Gasteiger charge is -2.12. The molecule has 8 nitrogen and oxygen atoms in total. The van der Waals surface area contributed by atoms with Gasteiger partial charge in [0, 0.05) is 12.1 Å². The first-order valence-electron chi connectivity index (χ1n) is 7.90. The smallest absolute Gasteiger partial charge is 0.374 e. The number of nitrogens with one attached hydrogen (secondary N) is 2. The van der Waals surface area contributed by atoms with Crippen molar-refractivity contribution in [3.63, 3.8) is 0 Å². The maximum atomic E-state index is 11.9. The molecule has 9 heteroatoms. The maximum absolute atomic E-state index is 11.9. The molecule has 24 heavy (non-hydrogen) atoms. The van der Waals surface area contributed by atoms with E-state index in [2.05, 4.69) is 10.0 Å². The van der Waals surface area contributed by atoms with Crippen LogP contribution >= 0.6 is 0 Å². The second-order valence-corrected chi connectivity index (χ2v) is 7.49. The van der Waals surface area contributed by atoms with Crippen molar-refractivity contribution in [2.45, 2.75) is 56.7 Å². The molecular formula is C15H22N2O6S. The molecule has 1 aromatic heterocycles. The molecule has 0 aliphatic heterocycles. The van der Waals surface area contributed by atoms with Gasteiger partial charge in [-0.3, -0.25) is 4.79 Å². The first-order valence-corrected chi connectivity index (χ1v) is 9.38. The minimum Gasteiger partial charge on any atom is -0.450 e. The molecule has 0 spiro atoms. The van der Waals surface area contributed by atoms with Crippen LogP contribution in [0.2, 0.25) is 0 Å². The zero-order valence-corrected chi connectivity index (χ0v) is 14.5. The number of furan rings is 1. The minimum atomic E-state index is -3.77. The summed E-state index contributed by atoms with van der Waals surface area (Å²) in [6.45, 7) is 3.42. The van der Waals surface area contributed by atoms with Gasteiger partial charge in [0.15, 0.2) is 6.61 Å². The number of carbonyl (C=O) groups is 2. The van der Waals surface area contributed by atoms with Gasteiger partial charge in [0.25, 0.3) is 15.9 Å². The Bertz CT molecular complexity index is 693. The van der Waals surface area contributed by atoms with E-state index in [9.17, 15) is 18.0 Å². The molecule has 0 bridgehead atoms. The van der Waals surface area contributed by atoms with Crippen molar-refractivity contribution in [1.82, 2.24) is 10.0 Å². The quantitative estimate of drug-likeness (QED) is 0.641. The number of carbonyl (C=O) groups excluding carboxylic acids is 2. The van der Waals surface area contributed by atoms with Crippen LogP contribution in [0.1, 0.15) is 50.1 Å². The standard InChI is InChI=1S/C15H22N2O6S/c1-3-4-10(2)16-13(18)9-22-15(19)12-7-8-14(23-12)24(20,21)17-11-5-6-11/h7-8,10-11,17H,3-6,9H2,1-2H3,(H,16,18). The number of sulfonamides is 1. The van der Waals surface area contributed by atoms with E-state index in [0.29, 0.717) is 0 Å². The van der Waals surface area contributed by atoms with E-state index in [1.807, 2.05) is 13.8 Å². The Morgan fingerprint density at radius 1 is 1.38 bits per heavy atom. The Morgan fingerprint density at radius 2 is 2.08 bits per heavy atom. The molecule has 2 rings (SSSR count). The molecule has 0 saturated heterocycles. The van der Waals surface area contributed by atoms with E-state index in [1.54, 1.807) is 0 Å². The van der Waals surface area contributed by atoms with E-state index in [1.165, 1.54) is 12.1 Å². The van der Waals surface area contributed by atoms with Crippen LogP contribution in [0.5, 0.6) is 0 Å². The summed E-state index contributed by atoms with van der Waals surface area (Å²) < 4.78 is 36.2. The van der Waals surface area contributed by atoms with Crippen molar-refractivity contribution in [3.05, 3.63) is 17.9 Å². The van der Waals surface area contributed by atoms with Crippen LogP contribution in [-0.4, -0.2) is 39.0 Å². The second-order valence-electron chi connectivity index (χ2n) is 5.85. The van der Waals surface area contributed by atoms with Crippen molar-refractivity contribution in [3.8, 4) is 0 Å². The molecule has 1 fully saturated rings. The van der Waals surface area contributed by atoms with Gasteiger partial charge in [0.05, 0.1) is 0 Å². The fourth-order valence-corrected chi connectivity index (χ4v) is 3.31. The Morgan fingerprint density at radius 3 is 2.71 bits per heavy atom. The van der Waals surface area contributed by atoms with Gasteiger partial charge >= 0.3 is 5.97 Å². The molecule has 1 saturated carbocycles. The Kier molecular flexibility index (Phi) is 6.00. The summed E-state index contributed by atoms with van der Waals surface area (Å²) in [5.41, 5.74) is 0. The zero-order chi connectivity index (χ0) is 17.7. The molecule has 1 atom stereocenters. The number of esters is 1. The predicted molar refractivity (Wildman–Crippen MR) is 84.8 cm³/mol. The lowest BCUT2D eigenvalue weighted by molar-refractivity contribution is -0.124. The molecule has 1 aromatic rings. The van der Waals surface area contributed by atoms with Crippen LogP contribution in [0.4, 0.5) is 0 Å². The average Bonchev–Trinajstić information content (AvgIpc) is 3.15. The highest BCUT2D eigenvalue weighted by atomic mass is 32.2. The minimum absolute atomic E-state index is 0.00458. The van der Waals surface area contributed by atoms with Crippen molar-refractivity contribution in [2.24, 2.45) is 0 Å². The topological polar surface area (TPSA) is 115 Å². The number of hydrogen-bond donors (Lipinski definition) is 2. The summed E-state index contributed by atoms with van der Waals surface area (Å²) >= 11 is 0. The van der Waals surface area contributed by atoms with Gasteiger partial charge in [-0.25, -0.2) is 17.9 Å². The third-order valence-corrected chi connectivity index (χ3v) is 4.80. The van der Waals surface area contributed by atoms with Crippen LogP contribution in [0.25, 0.3) is 0 Å². The number of ether oxygens (including phenoxy) is 1. The monoisotopic (exact) mass is 358 g/mol. The second kappa shape index (κ2) is 7.80. The van der Waals surface area contributed by atoms with Crippen LogP contribution < -0.4 is 10.0 Å². The Hall–Kier alpha value is -1.87. The SMILES string of the molecule is CCCC(C)NC(=O)COC(=O)c1ccc(S(=O)(=O)NC2CC2)o1. The van der Waals surface area contributed by atoms with E-state index in [0.717, 1.165) is 25.7 Å². The van der Waals surface area contributed by atoms with Gasteiger partial charge < -0.3 is 14.5 Å². The normalized spacial score (nSPS) is 15.8. The molecule has 1 amide bonds. The molecular weight excluding hydrogens is 336 g/mol. The van der Waals surface area contributed by atoms with Crippen molar-refractivity contribution >= 4 is 21.9 Å². The lowest BCUT2D eigenvalue weighted by atomic mass is 10.2. The Labute approximate surface area is 141 Å². The first kappa shape index (κ1) is 18.5. The van der Waals surface area contributed by atoms with E-state index >= 15 is 0 Å². The largest absolute Gasteiger partial charge is 0.450 e. The number of rotatable bonds is 9. The average molecular weight is 358 g/mol. The Balaban J connectivity index is 1.85. The van der Waals surface area contributed by atoms with Crippen LogP contribution in [-0.2, 0) is 19.6 Å². The van der Waals surface area contributed by atoms with Gasteiger partial charge in [0.1, 0.15) is 0 Å². The van der Waals surface area contributed by atoms with Gasteiger partial charge in [-0.1, -0.05) is 13.3 Å². The number of hydrogen-bond acceptors (Lipinski definition) is 6. The van der Waals surface area contributed by atoms with Gasteiger partial charge in [0.2, 0.25) is 10.9 Å². The maximum Gasteiger partial charge on any atom is 0.374 e. The molecule has 134 valence electrons. The summed E-state index contributed by atoms with van der Waals surface area (Å²) in [5.74, 6) is -1.57.